The highest BCUT2D eigenvalue weighted by Gasteiger charge is 2.04. The van der Waals surface area contributed by atoms with E-state index in [1.807, 2.05) is 31.2 Å². The molecule has 2 rings (SSSR count). The third-order valence-corrected chi connectivity index (χ3v) is 2.58. The van der Waals surface area contributed by atoms with Gasteiger partial charge in [0, 0.05) is 0 Å². The standard InChI is InChI=1S/C15H14F2O2/c1-2-18-13-7-3-11(4-8-13)12-5-9-14(10-6-12)19-15(16)17/h3-10,15H,2H2,1H3. The van der Waals surface area contributed by atoms with Crippen LogP contribution >= 0.6 is 0 Å². The van der Waals surface area contributed by atoms with Gasteiger partial charge in [-0.2, -0.15) is 8.78 Å². The Morgan fingerprint density at radius 1 is 0.842 bits per heavy atom. The van der Waals surface area contributed by atoms with E-state index in [2.05, 4.69) is 4.74 Å². The molecule has 0 atom stereocenters. The number of rotatable bonds is 5. The minimum Gasteiger partial charge on any atom is -0.494 e. The van der Waals surface area contributed by atoms with Crippen LogP contribution in [0.2, 0.25) is 0 Å². The number of hydrogen-bond acceptors (Lipinski definition) is 2. The lowest BCUT2D eigenvalue weighted by Crippen LogP contribution is -2.01. The number of hydrogen-bond donors (Lipinski definition) is 0. The van der Waals surface area contributed by atoms with Crippen molar-refractivity contribution in [1.82, 2.24) is 0 Å². The molecule has 0 aromatic heterocycles. The normalized spacial score (nSPS) is 10.5. The van der Waals surface area contributed by atoms with Crippen LogP contribution in [-0.4, -0.2) is 13.2 Å². The second-order valence-electron chi connectivity index (χ2n) is 3.86. The molecule has 0 heterocycles. The van der Waals surface area contributed by atoms with Gasteiger partial charge in [0.25, 0.3) is 0 Å². The number of halogens is 2. The Labute approximate surface area is 110 Å². The fourth-order valence-corrected chi connectivity index (χ4v) is 1.74. The molecular weight excluding hydrogens is 250 g/mol. The van der Waals surface area contributed by atoms with Crippen molar-refractivity contribution in [1.29, 1.82) is 0 Å². The van der Waals surface area contributed by atoms with Gasteiger partial charge in [0.05, 0.1) is 6.61 Å². The van der Waals surface area contributed by atoms with Gasteiger partial charge in [-0.15, -0.1) is 0 Å². The Kier molecular flexibility index (Phi) is 4.34. The summed E-state index contributed by atoms with van der Waals surface area (Å²) in [6.07, 6.45) is 0. The molecule has 2 nitrogen and oxygen atoms in total. The quantitative estimate of drug-likeness (QED) is 0.799. The monoisotopic (exact) mass is 264 g/mol. The summed E-state index contributed by atoms with van der Waals surface area (Å²) >= 11 is 0. The van der Waals surface area contributed by atoms with E-state index in [4.69, 9.17) is 4.74 Å². The largest absolute Gasteiger partial charge is 0.494 e. The van der Waals surface area contributed by atoms with Gasteiger partial charge in [-0.05, 0) is 42.3 Å². The molecule has 0 radical (unpaired) electrons. The van der Waals surface area contributed by atoms with Crippen molar-refractivity contribution in [3.63, 3.8) is 0 Å². The fourth-order valence-electron chi connectivity index (χ4n) is 1.74. The van der Waals surface area contributed by atoms with Crippen LogP contribution in [0.15, 0.2) is 48.5 Å². The van der Waals surface area contributed by atoms with Crippen molar-refractivity contribution in [2.45, 2.75) is 13.5 Å². The first-order valence-corrected chi connectivity index (χ1v) is 5.97. The zero-order valence-corrected chi connectivity index (χ0v) is 10.5. The third-order valence-electron chi connectivity index (χ3n) is 2.58. The zero-order valence-electron chi connectivity index (χ0n) is 10.5. The summed E-state index contributed by atoms with van der Waals surface area (Å²) in [6.45, 7) is -0.245. The molecule has 0 aliphatic carbocycles. The molecule has 0 aliphatic heterocycles. The zero-order chi connectivity index (χ0) is 13.7. The Bertz CT molecular complexity index is 507. The summed E-state index contributed by atoms with van der Waals surface area (Å²) in [6, 6.07) is 14.1. The smallest absolute Gasteiger partial charge is 0.387 e. The van der Waals surface area contributed by atoms with E-state index in [0.717, 1.165) is 16.9 Å². The molecule has 0 aliphatic rings. The topological polar surface area (TPSA) is 18.5 Å². The number of alkyl halides is 2. The van der Waals surface area contributed by atoms with E-state index in [-0.39, 0.29) is 5.75 Å². The van der Waals surface area contributed by atoms with Crippen LogP contribution in [0.4, 0.5) is 8.78 Å². The Morgan fingerprint density at radius 2 is 1.32 bits per heavy atom. The van der Waals surface area contributed by atoms with Crippen LogP contribution in [0.3, 0.4) is 0 Å². The maximum Gasteiger partial charge on any atom is 0.387 e. The lowest BCUT2D eigenvalue weighted by Gasteiger charge is -2.07. The minimum absolute atomic E-state index is 0.157. The average molecular weight is 264 g/mol. The van der Waals surface area contributed by atoms with Gasteiger partial charge in [-0.1, -0.05) is 24.3 Å². The molecule has 0 bridgehead atoms. The maximum atomic E-state index is 12.0. The molecule has 0 N–H and O–H groups in total. The highest BCUT2D eigenvalue weighted by atomic mass is 19.3. The summed E-state index contributed by atoms with van der Waals surface area (Å²) in [5.41, 5.74) is 1.93. The lowest BCUT2D eigenvalue weighted by molar-refractivity contribution is -0.0498. The molecule has 0 spiro atoms. The molecule has 0 amide bonds. The minimum atomic E-state index is -2.80. The van der Waals surface area contributed by atoms with E-state index < -0.39 is 6.61 Å². The second kappa shape index (κ2) is 6.18. The van der Waals surface area contributed by atoms with Gasteiger partial charge in [0.2, 0.25) is 0 Å². The van der Waals surface area contributed by atoms with Crippen molar-refractivity contribution in [2.75, 3.05) is 6.61 Å². The predicted octanol–water partition coefficient (Wildman–Crippen LogP) is 4.35. The molecule has 100 valence electrons. The van der Waals surface area contributed by atoms with E-state index in [1.54, 1.807) is 12.1 Å². The average Bonchev–Trinajstić information content (AvgIpc) is 2.40. The van der Waals surface area contributed by atoms with Gasteiger partial charge in [0.1, 0.15) is 11.5 Å². The van der Waals surface area contributed by atoms with Crippen molar-refractivity contribution < 1.29 is 18.3 Å². The second-order valence-corrected chi connectivity index (χ2v) is 3.86. The van der Waals surface area contributed by atoms with Crippen LogP contribution in [0.25, 0.3) is 11.1 Å². The maximum absolute atomic E-state index is 12.0. The first kappa shape index (κ1) is 13.3. The molecule has 0 unspecified atom stereocenters. The summed E-state index contributed by atoms with van der Waals surface area (Å²) in [7, 11) is 0. The van der Waals surface area contributed by atoms with Gasteiger partial charge < -0.3 is 9.47 Å². The van der Waals surface area contributed by atoms with Crippen LogP contribution in [0.5, 0.6) is 11.5 Å². The summed E-state index contributed by atoms with van der Waals surface area (Å²) in [5, 5.41) is 0. The Morgan fingerprint density at radius 3 is 1.74 bits per heavy atom. The van der Waals surface area contributed by atoms with Crippen LogP contribution in [-0.2, 0) is 0 Å². The van der Waals surface area contributed by atoms with E-state index in [1.165, 1.54) is 12.1 Å². The molecule has 0 saturated carbocycles. The van der Waals surface area contributed by atoms with Gasteiger partial charge >= 0.3 is 6.61 Å². The van der Waals surface area contributed by atoms with Crippen molar-refractivity contribution in [3.8, 4) is 22.6 Å². The Hall–Kier alpha value is -2.10. The van der Waals surface area contributed by atoms with Gasteiger partial charge in [-0.3, -0.25) is 0 Å². The summed E-state index contributed by atoms with van der Waals surface area (Å²) < 4.78 is 33.7. The first-order valence-electron chi connectivity index (χ1n) is 5.97. The van der Waals surface area contributed by atoms with E-state index in [9.17, 15) is 8.78 Å². The Balaban J connectivity index is 2.13. The van der Waals surface area contributed by atoms with Crippen LogP contribution < -0.4 is 9.47 Å². The lowest BCUT2D eigenvalue weighted by atomic mass is 10.1. The molecule has 0 saturated heterocycles. The molecular formula is C15H14F2O2. The third kappa shape index (κ3) is 3.68. The highest BCUT2D eigenvalue weighted by Crippen LogP contribution is 2.25. The van der Waals surface area contributed by atoms with E-state index >= 15 is 0 Å². The SMILES string of the molecule is CCOc1ccc(-c2ccc(OC(F)F)cc2)cc1. The molecule has 19 heavy (non-hydrogen) atoms. The highest BCUT2D eigenvalue weighted by molar-refractivity contribution is 5.64. The molecule has 2 aromatic rings. The summed E-state index contributed by atoms with van der Waals surface area (Å²) in [4.78, 5) is 0. The molecule has 2 aromatic carbocycles. The summed E-state index contributed by atoms with van der Waals surface area (Å²) in [5.74, 6) is 0.966. The number of benzene rings is 2. The van der Waals surface area contributed by atoms with Crippen molar-refractivity contribution >= 4 is 0 Å². The fraction of sp³-hybridized carbons (Fsp3) is 0.200. The molecule has 0 fully saturated rings. The van der Waals surface area contributed by atoms with Crippen LogP contribution in [0, 0.1) is 0 Å². The van der Waals surface area contributed by atoms with E-state index in [0.29, 0.717) is 6.61 Å². The van der Waals surface area contributed by atoms with Crippen LogP contribution in [0.1, 0.15) is 6.92 Å². The predicted molar refractivity (Wildman–Crippen MR) is 69.7 cm³/mol. The van der Waals surface area contributed by atoms with Crippen molar-refractivity contribution in [2.24, 2.45) is 0 Å². The molecule has 4 heteroatoms. The first-order chi connectivity index (χ1) is 9.19. The number of ether oxygens (including phenoxy) is 2. The van der Waals surface area contributed by atoms with Gasteiger partial charge in [-0.25, -0.2) is 0 Å². The van der Waals surface area contributed by atoms with Gasteiger partial charge in [0.15, 0.2) is 0 Å². The van der Waals surface area contributed by atoms with Crippen molar-refractivity contribution in [3.05, 3.63) is 48.5 Å².